The number of ether oxygens (including phenoxy) is 2. The fraction of sp³-hybridized carbons (Fsp3) is 0.652. The van der Waals surface area contributed by atoms with Gasteiger partial charge in [0.1, 0.15) is 12.4 Å². The fourth-order valence-corrected chi connectivity index (χ4v) is 6.84. The molecule has 0 saturated heterocycles. The normalized spacial score (nSPS) is 41.0. The Labute approximate surface area is 176 Å². The van der Waals surface area contributed by atoms with Crippen LogP contribution in [-0.2, 0) is 19.1 Å². The molecule has 0 bridgehead atoms. The van der Waals surface area contributed by atoms with Crippen molar-refractivity contribution >= 4 is 23.2 Å². The van der Waals surface area contributed by atoms with Gasteiger partial charge in [-0.3, -0.25) is 9.59 Å². The lowest BCUT2D eigenvalue weighted by molar-refractivity contribution is -0.191. The summed E-state index contributed by atoms with van der Waals surface area (Å²) in [6, 6.07) is 0. The van der Waals surface area contributed by atoms with E-state index in [1.807, 2.05) is 6.08 Å². The molecule has 4 aliphatic rings. The molecule has 29 heavy (non-hydrogen) atoms. The number of halogens is 1. The van der Waals surface area contributed by atoms with Gasteiger partial charge in [0.2, 0.25) is 0 Å². The highest BCUT2D eigenvalue weighted by atomic mass is 35.5. The van der Waals surface area contributed by atoms with E-state index in [0.717, 1.165) is 30.4 Å². The second-order valence-corrected chi connectivity index (χ2v) is 9.48. The van der Waals surface area contributed by atoms with E-state index in [-0.39, 0.29) is 30.2 Å². The largest absolute Gasteiger partial charge is 0.389 e. The first kappa shape index (κ1) is 21.0. The van der Waals surface area contributed by atoms with E-state index in [1.165, 1.54) is 12.7 Å². The number of carbonyl (C=O) groups excluding carboxylic acids is 2. The average Bonchev–Trinajstić information content (AvgIpc) is 2.98. The number of allylic oxidation sites excluding steroid dienone is 5. The van der Waals surface area contributed by atoms with Gasteiger partial charge < -0.3 is 14.6 Å². The molecule has 4 aliphatic carbocycles. The highest BCUT2D eigenvalue weighted by Gasteiger charge is 2.66. The fourth-order valence-electron chi connectivity index (χ4n) is 6.63. The Morgan fingerprint density at radius 2 is 2.10 bits per heavy atom. The van der Waals surface area contributed by atoms with Crippen molar-refractivity contribution in [2.75, 3.05) is 19.8 Å². The molecule has 1 fully saturated rings. The summed E-state index contributed by atoms with van der Waals surface area (Å²) in [6.45, 7) is 4.17. The summed E-state index contributed by atoms with van der Waals surface area (Å²) < 4.78 is 11.2. The Balaban J connectivity index is 1.82. The summed E-state index contributed by atoms with van der Waals surface area (Å²) in [5.74, 6) is -0.112. The second-order valence-electron chi connectivity index (χ2n) is 9.21. The lowest BCUT2D eigenvalue weighted by Gasteiger charge is -2.54. The monoisotopic (exact) mass is 420 g/mol. The summed E-state index contributed by atoms with van der Waals surface area (Å²) in [5, 5.41) is 11.4. The van der Waals surface area contributed by atoms with E-state index in [4.69, 9.17) is 21.1 Å². The van der Waals surface area contributed by atoms with Crippen LogP contribution in [0.5, 0.6) is 0 Å². The minimum atomic E-state index is -1.05. The van der Waals surface area contributed by atoms with Crippen LogP contribution in [0.1, 0.15) is 46.0 Å². The number of aliphatic hydroxyl groups is 1. The minimum absolute atomic E-state index is 0.0113. The number of carbonyl (C=O) groups is 2. The van der Waals surface area contributed by atoms with Crippen molar-refractivity contribution < 1.29 is 24.2 Å². The second kappa shape index (κ2) is 7.16. The van der Waals surface area contributed by atoms with Crippen molar-refractivity contribution in [1.29, 1.82) is 0 Å². The van der Waals surface area contributed by atoms with Crippen LogP contribution in [0.2, 0.25) is 0 Å². The van der Waals surface area contributed by atoms with Gasteiger partial charge in [-0.1, -0.05) is 24.1 Å². The van der Waals surface area contributed by atoms with Crippen LogP contribution >= 0.6 is 11.6 Å². The third kappa shape index (κ3) is 2.78. The number of fused-ring (bicyclic) bond motifs is 4. The summed E-state index contributed by atoms with van der Waals surface area (Å²) in [4.78, 5) is 24.9. The van der Waals surface area contributed by atoms with Crippen LogP contribution in [-0.4, -0.2) is 48.2 Å². The van der Waals surface area contributed by atoms with Gasteiger partial charge in [0.05, 0.1) is 12.0 Å². The molecule has 158 valence electrons. The third-order valence-electron chi connectivity index (χ3n) is 7.98. The minimum Gasteiger partial charge on any atom is -0.389 e. The molecule has 0 aromatic heterocycles. The van der Waals surface area contributed by atoms with Crippen LogP contribution in [0, 0.1) is 16.7 Å². The Morgan fingerprint density at radius 1 is 1.34 bits per heavy atom. The summed E-state index contributed by atoms with van der Waals surface area (Å²) in [7, 11) is 1.54. The van der Waals surface area contributed by atoms with E-state index in [0.29, 0.717) is 12.8 Å². The molecular weight excluding hydrogens is 392 g/mol. The molecule has 6 heteroatoms. The number of alkyl halides is 1. The number of aliphatic hydroxyl groups excluding tert-OH is 1. The molecular formula is C23H29ClO5. The maximum absolute atomic E-state index is 13.0. The van der Waals surface area contributed by atoms with Crippen molar-refractivity contribution in [2.45, 2.75) is 57.7 Å². The number of rotatable bonds is 5. The Kier molecular flexibility index (Phi) is 5.18. The zero-order valence-electron chi connectivity index (χ0n) is 17.3. The molecule has 1 saturated carbocycles. The highest BCUT2D eigenvalue weighted by molar-refractivity contribution is 6.29. The predicted octanol–water partition coefficient (Wildman–Crippen LogP) is 3.50. The molecule has 0 aromatic rings. The molecule has 5 nitrogen and oxygen atoms in total. The van der Waals surface area contributed by atoms with Crippen LogP contribution < -0.4 is 0 Å². The zero-order chi connectivity index (χ0) is 21.0. The molecule has 0 heterocycles. The van der Waals surface area contributed by atoms with Gasteiger partial charge >= 0.3 is 0 Å². The van der Waals surface area contributed by atoms with E-state index in [1.54, 1.807) is 12.2 Å². The Bertz CT molecular complexity index is 842. The van der Waals surface area contributed by atoms with Gasteiger partial charge in [-0.25, -0.2) is 0 Å². The van der Waals surface area contributed by atoms with Gasteiger partial charge in [-0.2, -0.15) is 0 Å². The van der Waals surface area contributed by atoms with Crippen LogP contribution in [0.25, 0.3) is 0 Å². The maximum Gasteiger partial charge on any atom is 0.179 e. The first-order valence-corrected chi connectivity index (χ1v) is 10.8. The van der Waals surface area contributed by atoms with Gasteiger partial charge in [-0.05, 0) is 62.7 Å². The van der Waals surface area contributed by atoms with Gasteiger partial charge in [0.15, 0.2) is 11.6 Å². The third-order valence-corrected chi connectivity index (χ3v) is 8.22. The lowest BCUT2D eigenvalue weighted by Crippen LogP contribution is -2.58. The molecule has 0 spiro atoms. The van der Waals surface area contributed by atoms with Crippen molar-refractivity contribution in [3.63, 3.8) is 0 Å². The summed E-state index contributed by atoms with van der Waals surface area (Å²) in [5.41, 5.74) is 1.28. The van der Waals surface area contributed by atoms with E-state index < -0.39 is 22.5 Å². The van der Waals surface area contributed by atoms with E-state index in [9.17, 15) is 14.7 Å². The highest BCUT2D eigenvalue weighted by Crippen LogP contribution is 2.65. The molecule has 4 rings (SSSR count). The SMILES string of the molecule is COCO[C@]1(C(=O)CCl)CC[C@H]2C3=C(C(O)C[C@@]21C)[C@@]1(C)C=CC(=O)C=C1CC3. The average molecular weight is 421 g/mol. The zero-order valence-corrected chi connectivity index (χ0v) is 18.1. The molecule has 0 aromatic carbocycles. The molecule has 0 amide bonds. The topological polar surface area (TPSA) is 72.8 Å². The Hall–Kier alpha value is -1.27. The number of hydrogen-bond donors (Lipinski definition) is 1. The number of ketones is 2. The summed E-state index contributed by atoms with van der Waals surface area (Å²) >= 11 is 6.00. The van der Waals surface area contributed by atoms with E-state index >= 15 is 0 Å². The number of Topliss-reactive ketones (excluding diaryl/α,β-unsaturated/α-hetero) is 1. The first-order chi connectivity index (χ1) is 13.7. The molecule has 5 atom stereocenters. The van der Waals surface area contributed by atoms with Crippen LogP contribution in [0.15, 0.2) is 34.9 Å². The van der Waals surface area contributed by atoms with Crippen molar-refractivity contribution in [1.82, 2.24) is 0 Å². The van der Waals surface area contributed by atoms with Crippen LogP contribution in [0.4, 0.5) is 0 Å². The van der Waals surface area contributed by atoms with Gasteiger partial charge in [0.25, 0.3) is 0 Å². The predicted molar refractivity (Wildman–Crippen MR) is 109 cm³/mol. The van der Waals surface area contributed by atoms with Gasteiger partial charge in [-0.15, -0.1) is 11.6 Å². The molecule has 1 N–H and O–H groups in total. The summed E-state index contributed by atoms with van der Waals surface area (Å²) in [6.07, 6.45) is 7.97. The van der Waals surface area contributed by atoms with Crippen molar-refractivity contribution in [3.05, 3.63) is 34.9 Å². The maximum atomic E-state index is 13.0. The quantitative estimate of drug-likeness (QED) is 0.418. The number of methoxy groups -OCH3 is 1. The number of hydrogen-bond acceptors (Lipinski definition) is 5. The first-order valence-electron chi connectivity index (χ1n) is 10.3. The van der Waals surface area contributed by atoms with Crippen LogP contribution in [0.3, 0.4) is 0 Å². The van der Waals surface area contributed by atoms with Gasteiger partial charge in [0, 0.05) is 17.9 Å². The van der Waals surface area contributed by atoms with Crippen molar-refractivity contribution in [3.8, 4) is 0 Å². The van der Waals surface area contributed by atoms with E-state index in [2.05, 4.69) is 13.8 Å². The lowest BCUT2D eigenvalue weighted by atomic mass is 9.52. The smallest absolute Gasteiger partial charge is 0.179 e. The Morgan fingerprint density at radius 3 is 2.79 bits per heavy atom. The molecule has 0 radical (unpaired) electrons. The molecule has 0 aliphatic heterocycles. The standard InChI is InChI=1S/C23H29ClO5/c1-21-8-6-15(25)10-14(21)4-5-16-17-7-9-23(19(27)12-24,29-13-28-3)22(17,2)11-18(26)20(16)21/h6,8,10,17-18,26H,4-5,7,9,11-13H2,1-3H3/t17-,18?,21-,22-,23-/m0/s1. The van der Waals surface area contributed by atoms with Crippen molar-refractivity contribution in [2.24, 2.45) is 16.7 Å². The molecule has 1 unspecified atom stereocenters.